The highest BCUT2D eigenvalue weighted by Gasteiger charge is 2.26. The van der Waals surface area contributed by atoms with E-state index in [1.54, 1.807) is 13.4 Å². The van der Waals surface area contributed by atoms with Crippen molar-refractivity contribution < 1.29 is 4.79 Å². The molecule has 2 aliphatic rings. The molecular formula is C20H26N4O. The molecule has 4 rings (SSSR count). The Morgan fingerprint density at radius 1 is 1.24 bits per heavy atom. The van der Waals surface area contributed by atoms with Gasteiger partial charge in [-0.1, -0.05) is 24.6 Å². The highest BCUT2D eigenvalue weighted by molar-refractivity contribution is 5.91. The van der Waals surface area contributed by atoms with E-state index in [9.17, 15) is 4.79 Å². The van der Waals surface area contributed by atoms with Crippen LogP contribution >= 0.6 is 0 Å². The van der Waals surface area contributed by atoms with Crippen molar-refractivity contribution in [2.45, 2.75) is 44.7 Å². The standard InChI is InChI=1S/C20H26N4O/c1-21-20(25)19-13-23(14-22-19)12-15-5-6-16-7-9-24(18-3-2-4-18)10-8-17(16)11-15/h5-6,11,13-14,18H,2-4,7-10,12H2,1H3,(H,21,25). The average Bonchev–Trinajstić information content (AvgIpc) is 2.94. The lowest BCUT2D eigenvalue weighted by Crippen LogP contribution is -2.41. The Labute approximate surface area is 149 Å². The monoisotopic (exact) mass is 338 g/mol. The first kappa shape index (κ1) is 16.3. The Bertz CT molecular complexity index is 763. The second-order valence-electron chi connectivity index (χ2n) is 7.23. The summed E-state index contributed by atoms with van der Waals surface area (Å²) in [5.74, 6) is -0.142. The number of nitrogens with zero attached hydrogens (tertiary/aromatic N) is 3. The third kappa shape index (κ3) is 3.47. The van der Waals surface area contributed by atoms with E-state index in [2.05, 4.69) is 33.4 Å². The van der Waals surface area contributed by atoms with E-state index < -0.39 is 0 Å². The van der Waals surface area contributed by atoms with Crippen LogP contribution in [0.15, 0.2) is 30.7 Å². The Kier molecular flexibility index (Phi) is 4.57. The molecule has 0 saturated heterocycles. The Hall–Kier alpha value is -2.14. The van der Waals surface area contributed by atoms with Gasteiger partial charge in [0.2, 0.25) is 0 Å². The van der Waals surface area contributed by atoms with E-state index in [4.69, 9.17) is 0 Å². The van der Waals surface area contributed by atoms with Crippen LogP contribution in [0.25, 0.3) is 0 Å². The molecule has 1 aromatic carbocycles. The van der Waals surface area contributed by atoms with Gasteiger partial charge in [-0.3, -0.25) is 9.69 Å². The fourth-order valence-corrected chi connectivity index (χ4v) is 3.91. The predicted octanol–water partition coefficient (Wildman–Crippen LogP) is 2.24. The van der Waals surface area contributed by atoms with Crippen molar-refractivity contribution in [1.82, 2.24) is 19.8 Å². The van der Waals surface area contributed by atoms with Crippen LogP contribution in [0.3, 0.4) is 0 Å². The molecule has 0 atom stereocenters. The third-order valence-electron chi connectivity index (χ3n) is 5.66. The van der Waals surface area contributed by atoms with Gasteiger partial charge in [-0.25, -0.2) is 4.98 Å². The Morgan fingerprint density at radius 2 is 2.04 bits per heavy atom. The van der Waals surface area contributed by atoms with Crippen LogP contribution in [0.1, 0.15) is 46.4 Å². The normalized spacial score (nSPS) is 18.3. The number of amides is 1. The van der Waals surface area contributed by atoms with Gasteiger partial charge in [-0.15, -0.1) is 0 Å². The van der Waals surface area contributed by atoms with Crippen molar-refractivity contribution in [2.24, 2.45) is 0 Å². The van der Waals surface area contributed by atoms with E-state index in [1.807, 2.05) is 10.8 Å². The smallest absolute Gasteiger partial charge is 0.271 e. The minimum absolute atomic E-state index is 0.142. The van der Waals surface area contributed by atoms with Crippen LogP contribution in [-0.4, -0.2) is 46.5 Å². The highest BCUT2D eigenvalue weighted by Crippen LogP contribution is 2.27. The van der Waals surface area contributed by atoms with Gasteiger partial charge >= 0.3 is 0 Å². The maximum atomic E-state index is 11.6. The molecule has 0 unspecified atom stereocenters. The molecule has 1 aromatic heterocycles. The largest absolute Gasteiger partial charge is 0.354 e. The molecule has 0 spiro atoms. The maximum Gasteiger partial charge on any atom is 0.271 e. The summed E-state index contributed by atoms with van der Waals surface area (Å²) < 4.78 is 1.98. The van der Waals surface area contributed by atoms with E-state index in [-0.39, 0.29) is 5.91 Å². The number of benzene rings is 1. The second kappa shape index (κ2) is 7.00. The van der Waals surface area contributed by atoms with Crippen LogP contribution in [0.5, 0.6) is 0 Å². The summed E-state index contributed by atoms with van der Waals surface area (Å²) in [6.45, 7) is 3.14. The first-order valence-corrected chi connectivity index (χ1v) is 9.31. The van der Waals surface area contributed by atoms with E-state index in [0.29, 0.717) is 5.69 Å². The Balaban J connectivity index is 1.45. The molecule has 0 bridgehead atoms. The average molecular weight is 338 g/mol. The van der Waals surface area contributed by atoms with Crippen LogP contribution in [0.4, 0.5) is 0 Å². The summed E-state index contributed by atoms with van der Waals surface area (Å²) in [5.41, 5.74) is 4.73. The van der Waals surface area contributed by atoms with E-state index >= 15 is 0 Å². The van der Waals surface area contributed by atoms with Crippen LogP contribution in [0, 0.1) is 0 Å². The molecule has 2 heterocycles. The summed E-state index contributed by atoms with van der Waals surface area (Å²) in [5, 5.41) is 2.61. The van der Waals surface area contributed by atoms with Gasteiger partial charge in [0.05, 0.1) is 6.33 Å². The summed E-state index contributed by atoms with van der Waals surface area (Å²) >= 11 is 0. The zero-order valence-corrected chi connectivity index (χ0v) is 14.9. The topological polar surface area (TPSA) is 50.2 Å². The van der Waals surface area contributed by atoms with Gasteiger partial charge < -0.3 is 9.88 Å². The number of aromatic nitrogens is 2. The molecule has 1 amide bonds. The summed E-state index contributed by atoms with van der Waals surface area (Å²) in [4.78, 5) is 18.5. The van der Waals surface area contributed by atoms with Crippen molar-refractivity contribution in [1.29, 1.82) is 0 Å². The minimum Gasteiger partial charge on any atom is -0.354 e. The molecule has 0 radical (unpaired) electrons. The van der Waals surface area contributed by atoms with E-state index in [1.165, 1.54) is 49.0 Å². The lowest BCUT2D eigenvalue weighted by Gasteiger charge is -2.36. The first-order chi connectivity index (χ1) is 12.2. The fourth-order valence-electron chi connectivity index (χ4n) is 3.91. The van der Waals surface area contributed by atoms with Gasteiger partial charge in [0.15, 0.2) is 0 Å². The molecule has 1 saturated carbocycles. The number of nitrogens with one attached hydrogen (secondary N) is 1. The van der Waals surface area contributed by atoms with Crippen LogP contribution in [0.2, 0.25) is 0 Å². The second-order valence-corrected chi connectivity index (χ2v) is 7.23. The number of carbonyl (C=O) groups excluding carboxylic acids is 1. The highest BCUT2D eigenvalue weighted by atomic mass is 16.1. The van der Waals surface area contributed by atoms with Crippen molar-refractivity contribution in [3.63, 3.8) is 0 Å². The summed E-state index contributed by atoms with van der Waals surface area (Å²) in [6.07, 6.45) is 10.0. The van der Waals surface area contributed by atoms with E-state index in [0.717, 1.165) is 25.4 Å². The molecule has 5 heteroatoms. The zero-order chi connectivity index (χ0) is 17.2. The van der Waals surface area contributed by atoms with Gasteiger partial charge in [-0.05, 0) is 42.4 Å². The first-order valence-electron chi connectivity index (χ1n) is 9.31. The molecule has 25 heavy (non-hydrogen) atoms. The third-order valence-corrected chi connectivity index (χ3v) is 5.66. The lowest BCUT2D eigenvalue weighted by molar-refractivity contribution is 0.0958. The molecular weight excluding hydrogens is 312 g/mol. The molecule has 1 fully saturated rings. The number of carbonyl (C=O) groups is 1. The molecule has 1 aliphatic heterocycles. The number of imidazole rings is 1. The van der Waals surface area contributed by atoms with Gasteiger partial charge in [0.25, 0.3) is 5.91 Å². The fraction of sp³-hybridized carbons (Fsp3) is 0.500. The maximum absolute atomic E-state index is 11.6. The molecule has 132 valence electrons. The summed E-state index contributed by atoms with van der Waals surface area (Å²) in [7, 11) is 1.63. The Morgan fingerprint density at radius 3 is 2.76 bits per heavy atom. The lowest BCUT2D eigenvalue weighted by atomic mass is 9.91. The summed E-state index contributed by atoms with van der Waals surface area (Å²) in [6, 6.07) is 7.70. The van der Waals surface area contributed by atoms with Crippen molar-refractivity contribution in [3.05, 3.63) is 53.1 Å². The molecule has 2 aromatic rings. The minimum atomic E-state index is -0.142. The van der Waals surface area contributed by atoms with Gasteiger partial charge in [-0.2, -0.15) is 0 Å². The van der Waals surface area contributed by atoms with Crippen LogP contribution in [-0.2, 0) is 19.4 Å². The number of fused-ring (bicyclic) bond motifs is 1. The number of hydrogen-bond acceptors (Lipinski definition) is 3. The number of hydrogen-bond donors (Lipinski definition) is 1. The van der Waals surface area contributed by atoms with Crippen molar-refractivity contribution in [2.75, 3.05) is 20.1 Å². The van der Waals surface area contributed by atoms with Gasteiger partial charge in [0.1, 0.15) is 5.69 Å². The SMILES string of the molecule is CNC(=O)c1cn(Cc2ccc3c(c2)CCN(C2CCC2)CC3)cn1. The predicted molar refractivity (Wildman–Crippen MR) is 97.8 cm³/mol. The quantitative estimate of drug-likeness (QED) is 0.930. The van der Waals surface area contributed by atoms with Crippen molar-refractivity contribution >= 4 is 5.91 Å². The molecule has 1 aliphatic carbocycles. The van der Waals surface area contributed by atoms with Crippen LogP contribution < -0.4 is 5.32 Å². The van der Waals surface area contributed by atoms with Gasteiger partial charge in [0, 0.05) is 38.9 Å². The molecule has 5 nitrogen and oxygen atoms in total. The van der Waals surface area contributed by atoms with Crippen molar-refractivity contribution in [3.8, 4) is 0 Å². The zero-order valence-electron chi connectivity index (χ0n) is 14.9. The number of rotatable bonds is 4. The molecule has 1 N–H and O–H groups in total.